The van der Waals surface area contributed by atoms with Crippen LogP contribution in [0.25, 0.3) is 0 Å². The molecule has 16 nitrogen and oxygen atoms in total. The standard InChI is InChI=1S/C103H174O16P2/c1-4-7-10-13-16-19-22-25-28-31-34-37-40-42-44-46-48-50-52-54-57-59-62-65-68-71-74-77-80-83-86-89-101(106)113-92-98(104)93-115-120(109,110)116-94-99(105)95-117-121(111,112)118-97-100(119-103(108)91-88-85-82-79-76-73-70-67-64-61-56-39-36-33-30-27-24-21-18-15-12-9-6-3)96-114-102(107)90-87-84-81-78-75-72-69-66-63-60-58-55-53-51-49-47-45-43-41-38-35-32-29-26-23-20-17-14-11-8-5-2/h7-8,10-11,16-21,25-30,34-39,42-45,48,50,61,64,98-100,104-105H,4-6,9,12-15,22-24,31-33,40-41,46-47,49,51-60,62-63,65-97H2,1-3H3,(H,109,110)(H,111,112)/b10-7-,11-8-,19-16-,20-17-,21-18-,28-25-,29-26-,30-27-,37-34-,38-35-,39-36-,44-42-,45-43-,50-48-,64-61-. The summed E-state index contributed by atoms with van der Waals surface area (Å²) in [5, 5.41) is 20.8. The average molecular weight is 1730 g/mol. The van der Waals surface area contributed by atoms with Crippen molar-refractivity contribution < 1.29 is 75.8 Å². The van der Waals surface area contributed by atoms with E-state index in [0.717, 1.165) is 180 Å². The monoisotopic (exact) mass is 1730 g/mol. The predicted molar refractivity (Wildman–Crippen MR) is 509 cm³/mol. The van der Waals surface area contributed by atoms with Crippen molar-refractivity contribution >= 4 is 33.6 Å². The van der Waals surface area contributed by atoms with Crippen molar-refractivity contribution in [3.05, 3.63) is 182 Å². The normalized spacial score (nSPS) is 14.5. The van der Waals surface area contributed by atoms with E-state index < -0.39 is 91.5 Å². The minimum Gasteiger partial charge on any atom is -0.463 e. The molecule has 0 radical (unpaired) electrons. The Morgan fingerprint density at radius 1 is 0.240 bits per heavy atom. The number of carbonyl (C=O) groups excluding carboxylic acids is 3. The fourth-order valence-electron chi connectivity index (χ4n) is 12.9. The van der Waals surface area contributed by atoms with E-state index >= 15 is 0 Å². The van der Waals surface area contributed by atoms with E-state index in [1.54, 1.807) is 0 Å². The van der Waals surface area contributed by atoms with E-state index in [4.69, 9.17) is 32.3 Å². The summed E-state index contributed by atoms with van der Waals surface area (Å²) in [5.41, 5.74) is 0. The number of phosphoric acid groups is 2. The largest absolute Gasteiger partial charge is 0.472 e. The fourth-order valence-corrected chi connectivity index (χ4v) is 14.5. The van der Waals surface area contributed by atoms with Gasteiger partial charge in [-0.05, 0) is 161 Å². The first kappa shape index (κ1) is 116. The summed E-state index contributed by atoms with van der Waals surface area (Å²) in [6, 6.07) is 0. The lowest BCUT2D eigenvalue weighted by atomic mass is 10.0. The third-order valence-corrected chi connectivity index (χ3v) is 22.0. The molecule has 0 aromatic carbocycles. The maximum atomic E-state index is 13.1. The average Bonchev–Trinajstić information content (AvgIpc) is 0.884. The van der Waals surface area contributed by atoms with E-state index in [2.05, 4.69) is 203 Å². The summed E-state index contributed by atoms with van der Waals surface area (Å²) in [4.78, 5) is 59.1. The minimum atomic E-state index is -4.95. The first-order valence-corrected chi connectivity index (χ1v) is 51.1. The van der Waals surface area contributed by atoms with E-state index in [9.17, 15) is 43.5 Å². The molecule has 0 saturated carbocycles. The molecule has 0 aliphatic carbocycles. The van der Waals surface area contributed by atoms with Gasteiger partial charge in [0, 0.05) is 19.3 Å². The lowest BCUT2D eigenvalue weighted by molar-refractivity contribution is -0.161. The minimum absolute atomic E-state index is 0.0887. The summed E-state index contributed by atoms with van der Waals surface area (Å²) >= 11 is 0. The number of esters is 3. The maximum Gasteiger partial charge on any atom is 0.472 e. The molecule has 0 aromatic heterocycles. The van der Waals surface area contributed by atoms with Gasteiger partial charge in [-0.15, -0.1) is 0 Å². The van der Waals surface area contributed by atoms with Crippen molar-refractivity contribution in [1.82, 2.24) is 0 Å². The molecule has 0 rings (SSSR count). The predicted octanol–water partition coefficient (Wildman–Crippen LogP) is 30.0. The molecular weight excluding hydrogens is 1560 g/mol. The van der Waals surface area contributed by atoms with Crippen molar-refractivity contribution in [3.63, 3.8) is 0 Å². The molecule has 0 bridgehead atoms. The van der Waals surface area contributed by atoms with Crippen LogP contribution in [0.15, 0.2) is 182 Å². The van der Waals surface area contributed by atoms with Crippen LogP contribution in [0.3, 0.4) is 0 Å². The molecule has 692 valence electrons. The van der Waals surface area contributed by atoms with Crippen LogP contribution < -0.4 is 0 Å². The van der Waals surface area contributed by atoms with Gasteiger partial charge in [0.1, 0.15) is 25.4 Å². The number of hydrogen-bond donors (Lipinski definition) is 4. The molecule has 4 N–H and O–H groups in total. The van der Waals surface area contributed by atoms with Crippen LogP contribution in [0.2, 0.25) is 0 Å². The van der Waals surface area contributed by atoms with Gasteiger partial charge in [0.2, 0.25) is 0 Å². The van der Waals surface area contributed by atoms with Crippen molar-refractivity contribution in [2.75, 3.05) is 39.6 Å². The number of aliphatic hydroxyl groups is 2. The molecule has 0 aromatic rings. The molecule has 0 aliphatic rings. The Bertz CT molecular complexity index is 2930. The molecule has 18 heteroatoms. The van der Waals surface area contributed by atoms with Crippen LogP contribution >= 0.6 is 15.6 Å². The second kappa shape index (κ2) is 93.8. The van der Waals surface area contributed by atoms with Gasteiger partial charge < -0.3 is 34.2 Å². The quantitative estimate of drug-likeness (QED) is 0.0146. The van der Waals surface area contributed by atoms with Gasteiger partial charge in [-0.2, -0.15) is 0 Å². The van der Waals surface area contributed by atoms with Gasteiger partial charge >= 0.3 is 33.6 Å². The zero-order chi connectivity index (χ0) is 87.9. The maximum absolute atomic E-state index is 13.1. The highest BCUT2D eigenvalue weighted by atomic mass is 31.2. The summed E-state index contributed by atoms with van der Waals surface area (Å²) in [6.07, 6.45) is 124. The number of unbranched alkanes of at least 4 members (excludes halogenated alkanes) is 37. The van der Waals surface area contributed by atoms with Crippen LogP contribution in [-0.2, 0) is 55.8 Å². The number of rotatable bonds is 90. The van der Waals surface area contributed by atoms with Gasteiger partial charge in [0.15, 0.2) is 6.10 Å². The SMILES string of the molecule is CC/C=C\C/C=C\C/C=C\C/C=C\C/C=C\C/C=C\CCCCCCCCCCCCCCC(=O)OCC(O)COP(=O)(O)OCC(O)COP(=O)(O)OCC(COC(=O)CCCCCCCCCCCCCCCCC/C=C\C/C=C\C/C=C\C/C=C\C/C=C\CC)OC(=O)CCCCCCCCC/C=C\C/C=C\C/C=C\C/C=C\CCCCC. The van der Waals surface area contributed by atoms with Gasteiger partial charge in [-0.1, -0.05) is 396 Å². The van der Waals surface area contributed by atoms with Gasteiger partial charge in [-0.25, -0.2) is 9.13 Å². The topological polar surface area (TPSA) is 231 Å². The number of ether oxygens (including phenoxy) is 3. The Labute approximate surface area is 738 Å². The number of hydrogen-bond acceptors (Lipinski definition) is 14. The molecule has 0 spiro atoms. The number of aliphatic hydroxyl groups excluding tert-OH is 2. The molecule has 0 aliphatic heterocycles. The Morgan fingerprint density at radius 3 is 0.694 bits per heavy atom. The molecule has 0 fully saturated rings. The van der Waals surface area contributed by atoms with Gasteiger partial charge in [-0.3, -0.25) is 32.5 Å². The smallest absolute Gasteiger partial charge is 0.463 e. The lowest BCUT2D eigenvalue weighted by Crippen LogP contribution is -2.30. The summed E-state index contributed by atoms with van der Waals surface area (Å²) in [7, 11) is -9.82. The zero-order valence-corrected chi connectivity index (χ0v) is 78.2. The van der Waals surface area contributed by atoms with Crippen LogP contribution in [0.1, 0.15) is 393 Å². The van der Waals surface area contributed by atoms with Crippen molar-refractivity contribution in [2.24, 2.45) is 0 Å². The van der Waals surface area contributed by atoms with Crippen LogP contribution in [0.5, 0.6) is 0 Å². The highest BCUT2D eigenvalue weighted by Crippen LogP contribution is 2.45. The molecule has 0 heterocycles. The second-order valence-corrected chi connectivity index (χ2v) is 34.7. The van der Waals surface area contributed by atoms with Crippen molar-refractivity contribution in [3.8, 4) is 0 Å². The Kier molecular flexibility index (Phi) is 89.6. The molecular formula is C103H174O16P2. The number of allylic oxidation sites excluding steroid dienone is 30. The van der Waals surface area contributed by atoms with E-state index in [1.807, 2.05) is 0 Å². The Morgan fingerprint density at radius 2 is 0.438 bits per heavy atom. The zero-order valence-electron chi connectivity index (χ0n) is 76.4. The summed E-state index contributed by atoms with van der Waals surface area (Å²) < 4.78 is 61.6. The number of carbonyl (C=O) groups is 3. The highest BCUT2D eigenvalue weighted by molar-refractivity contribution is 7.47. The Balaban J connectivity index is 4.62. The first-order chi connectivity index (χ1) is 59.2. The number of phosphoric ester groups is 2. The fraction of sp³-hybridized carbons (Fsp3) is 0.680. The van der Waals surface area contributed by atoms with Crippen LogP contribution in [0.4, 0.5) is 0 Å². The van der Waals surface area contributed by atoms with E-state index in [1.165, 1.54) is 154 Å². The molecule has 121 heavy (non-hydrogen) atoms. The van der Waals surface area contributed by atoms with Crippen LogP contribution in [-0.4, -0.2) is 95.9 Å². The van der Waals surface area contributed by atoms with Crippen LogP contribution in [0, 0.1) is 0 Å². The van der Waals surface area contributed by atoms with E-state index in [0.29, 0.717) is 19.3 Å². The summed E-state index contributed by atoms with van der Waals surface area (Å²) in [5.74, 6) is -1.58. The molecule has 0 amide bonds. The van der Waals surface area contributed by atoms with Gasteiger partial charge in [0.25, 0.3) is 0 Å². The highest BCUT2D eigenvalue weighted by Gasteiger charge is 2.30. The summed E-state index contributed by atoms with van der Waals surface area (Å²) in [6.45, 7) is 2.46. The van der Waals surface area contributed by atoms with Crippen molar-refractivity contribution in [2.45, 2.75) is 411 Å². The first-order valence-electron chi connectivity index (χ1n) is 48.1. The van der Waals surface area contributed by atoms with E-state index in [-0.39, 0.29) is 19.3 Å². The van der Waals surface area contributed by atoms with Gasteiger partial charge in [0.05, 0.1) is 26.4 Å². The molecule has 5 atom stereocenters. The Hall–Kier alpha value is -5.35. The molecule has 5 unspecified atom stereocenters. The molecule has 0 saturated heterocycles. The lowest BCUT2D eigenvalue weighted by Gasteiger charge is -2.21. The third-order valence-electron chi connectivity index (χ3n) is 20.1. The third kappa shape index (κ3) is 95.2. The van der Waals surface area contributed by atoms with Crippen molar-refractivity contribution in [1.29, 1.82) is 0 Å². The second-order valence-electron chi connectivity index (χ2n) is 31.8.